The highest BCUT2D eigenvalue weighted by Crippen LogP contribution is 2.12. The van der Waals surface area contributed by atoms with Crippen molar-refractivity contribution in [3.8, 4) is 0 Å². The highest BCUT2D eigenvalue weighted by atomic mass is 16.1. The van der Waals surface area contributed by atoms with E-state index < -0.39 is 0 Å². The van der Waals surface area contributed by atoms with Crippen molar-refractivity contribution >= 4 is 5.91 Å². The maximum absolute atomic E-state index is 11.1. The highest BCUT2D eigenvalue weighted by molar-refractivity contribution is 5.91. The van der Waals surface area contributed by atoms with Gasteiger partial charge in [0.2, 0.25) is 5.91 Å². The molecule has 16 heavy (non-hydrogen) atoms. The number of hydrogen-bond acceptors (Lipinski definition) is 1. The number of carbonyl (C=O) groups is 1. The van der Waals surface area contributed by atoms with Crippen LogP contribution in [0.25, 0.3) is 0 Å². The Morgan fingerprint density at radius 3 is 2.19 bits per heavy atom. The van der Waals surface area contributed by atoms with Gasteiger partial charge in [0.15, 0.2) is 0 Å². The fourth-order valence-corrected chi connectivity index (χ4v) is 1.74. The van der Waals surface area contributed by atoms with Gasteiger partial charge in [-0.15, -0.1) is 0 Å². The van der Waals surface area contributed by atoms with Crippen LogP contribution in [-0.2, 0) is 4.79 Å². The number of rotatable bonds is 10. The number of hydrogen-bond donors (Lipinski definition) is 1. The summed E-state index contributed by atoms with van der Waals surface area (Å²) in [5.41, 5.74) is 6.16. The predicted octanol–water partition coefficient (Wildman–Crippen LogP) is 3.95. The fraction of sp³-hybridized carbons (Fsp3) is 0.786. The van der Waals surface area contributed by atoms with Crippen LogP contribution in [-0.4, -0.2) is 5.91 Å². The molecule has 0 aliphatic rings. The van der Waals surface area contributed by atoms with Crippen LogP contribution in [0.2, 0.25) is 0 Å². The first-order valence-electron chi connectivity index (χ1n) is 6.71. The van der Waals surface area contributed by atoms with Crippen LogP contribution >= 0.6 is 0 Å². The van der Waals surface area contributed by atoms with Gasteiger partial charge in [-0.3, -0.25) is 4.79 Å². The number of allylic oxidation sites excluding steroid dienone is 1. The number of nitrogens with two attached hydrogens (primary N) is 1. The molecule has 94 valence electrons. The first kappa shape index (κ1) is 15.2. The third-order valence-corrected chi connectivity index (χ3v) is 2.80. The van der Waals surface area contributed by atoms with Crippen molar-refractivity contribution in [3.05, 3.63) is 11.6 Å². The maximum Gasteiger partial charge on any atom is 0.244 e. The zero-order chi connectivity index (χ0) is 12.2. The second-order valence-electron chi connectivity index (χ2n) is 4.40. The standard InChI is InChI=1S/C14H27NO/c1-3-5-7-8-9-10-12-13(14(15)16)11-6-4-2/h11H,3-10,12H2,1-2H3,(H2,15,16). The lowest BCUT2D eigenvalue weighted by molar-refractivity contribution is -0.114. The van der Waals surface area contributed by atoms with Crippen LogP contribution in [0.3, 0.4) is 0 Å². The molecule has 0 heterocycles. The van der Waals surface area contributed by atoms with E-state index in [2.05, 4.69) is 13.8 Å². The summed E-state index contributed by atoms with van der Waals surface area (Å²) in [5, 5.41) is 0. The minimum Gasteiger partial charge on any atom is -0.366 e. The Hall–Kier alpha value is -0.790. The van der Waals surface area contributed by atoms with E-state index in [4.69, 9.17) is 5.73 Å². The second-order valence-corrected chi connectivity index (χ2v) is 4.40. The summed E-state index contributed by atoms with van der Waals surface area (Å²) < 4.78 is 0. The summed E-state index contributed by atoms with van der Waals surface area (Å²) in [4.78, 5) is 11.1. The lowest BCUT2D eigenvalue weighted by atomic mass is 10.0. The molecular weight excluding hydrogens is 198 g/mol. The summed E-state index contributed by atoms with van der Waals surface area (Å²) in [7, 11) is 0. The van der Waals surface area contributed by atoms with Crippen LogP contribution in [0.1, 0.15) is 71.6 Å². The molecule has 0 aromatic carbocycles. The lowest BCUT2D eigenvalue weighted by Gasteiger charge is -2.03. The van der Waals surface area contributed by atoms with E-state index >= 15 is 0 Å². The summed E-state index contributed by atoms with van der Waals surface area (Å²) in [5.74, 6) is -0.234. The van der Waals surface area contributed by atoms with Gasteiger partial charge in [-0.2, -0.15) is 0 Å². The molecule has 0 aromatic heterocycles. The van der Waals surface area contributed by atoms with Crippen molar-refractivity contribution in [3.63, 3.8) is 0 Å². The Kier molecular flexibility index (Phi) is 10.2. The Bertz CT molecular complexity index is 209. The number of amides is 1. The zero-order valence-corrected chi connectivity index (χ0v) is 10.9. The molecule has 0 aliphatic carbocycles. The molecule has 2 heteroatoms. The summed E-state index contributed by atoms with van der Waals surface area (Å²) in [6, 6.07) is 0. The molecule has 0 rings (SSSR count). The topological polar surface area (TPSA) is 43.1 Å². The quantitative estimate of drug-likeness (QED) is 0.444. The van der Waals surface area contributed by atoms with Crippen LogP contribution in [0.15, 0.2) is 11.6 Å². The molecule has 0 atom stereocenters. The molecule has 0 unspecified atom stereocenters. The lowest BCUT2D eigenvalue weighted by Crippen LogP contribution is -2.14. The van der Waals surface area contributed by atoms with Gasteiger partial charge in [-0.1, -0.05) is 58.4 Å². The SMILES string of the molecule is CCCC=C(CCCCCCCC)C(N)=O. The van der Waals surface area contributed by atoms with E-state index in [0.29, 0.717) is 0 Å². The predicted molar refractivity (Wildman–Crippen MR) is 70.2 cm³/mol. The largest absolute Gasteiger partial charge is 0.366 e. The van der Waals surface area contributed by atoms with E-state index in [1.807, 2.05) is 6.08 Å². The number of unbranched alkanes of at least 4 members (excludes halogenated alkanes) is 6. The van der Waals surface area contributed by atoms with Crippen molar-refractivity contribution in [2.24, 2.45) is 5.73 Å². The van der Waals surface area contributed by atoms with Crippen molar-refractivity contribution in [2.75, 3.05) is 0 Å². The Labute approximate surface area is 100 Å². The number of primary amides is 1. The van der Waals surface area contributed by atoms with Crippen LogP contribution in [0.5, 0.6) is 0 Å². The van der Waals surface area contributed by atoms with Gasteiger partial charge >= 0.3 is 0 Å². The minimum atomic E-state index is -0.234. The van der Waals surface area contributed by atoms with E-state index in [0.717, 1.165) is 31.3 Å². The average Bonchev–Trinajstić information content (AvgIpc) is 2.26. The van der Waals surface area contributed by atoms with Gasteiger partial charge in [0.05, 0.1) is 0 Å². The highest BCUT2D eigenvalue weighted by Gasteiger charge is 2.03. The van der Waals surface area contributed by atoms with Crippen LogP contribution in [0.4, 0.5) is 0 Å². The third kappa shape index (κ3) is 8.51. The molecule has 0 spiro atoms. The molecule has 0 saturated carbocycles. The van der Waals surface area contributed by atoms with Gasteiger partial charge in [-0.25, -0.2) is 0 Å². The molecule has 0 radical (unpaired) electrons. The number of carbonyl (C=O) groups excluding carboxylic acids is 1. The van der Waals surface area contributed by atoms with Crippen molar-refractivity contribution < 1.29 is 4.79 Å². The zero-order valence-electron chi connectivity index (χ0n) is 10.9. The molecule has 0 saturated heterocycles. The van der Waals surface area contributed by atoms with E-state index in [-0.39, 0.29) is 5.91 Å². The molecule has 2 nitrogen and oxygen atoms in total. The van der Waals surface area contributed by atoms with E-state index in [1.165, 1.54) is 32.1 Å². The van der Waals surface area contributed by atoms with Crippen molar-refractivity contribution in [1.29, 1.82) is 0 Å². The molecule has 0 bridgehead atoms. The Balaban J connectivity index is 3.65. The Morgan fingerprint density at radius 1 is 1.00 bits per heavy atom. The average molecular weight is 225 g/mol. The molecule has 0 aliphatic heterocycles. The maximum atomic E-state index is 11.1. The summed E-state index contributed by atoms with van der Waals surface area (Å²) >= 11 is 0. The molecule has 1 amide bonds. The summed E-state index contributed by atoms with van der Waals surface area (Å²) in [6.07, 6.45) is 12.4. The van der Waals surface area contributed by atoms with Crippen LogP contribution in [0, 0.1) is 0 Å². The normalized spacial score (nSPS) is 11.8. The Morgan fingerprint density at radius 2 is 1.62 bits per heavy atom. The first-order chi connectivity index (χ1) is 7.72. The molecular formula is C14H27NO. The third-order valence-electron chi connectivity index (χ3n) is 2.80. The molecule has 2 N–H and O–H groups in total. The van der Waals surface area contributed by atoms with Crippen molar-refractivity contribution in [1.82, 2.24) is 0 Å². The van der Waals surface area contributed by atoms with Crippen molar-refractivity contribution in [2.45, 2.75) is 71.6 Å². The van der Waals surface area contributed by atoms with E-state index in [1.54, 1.807) is 0 Å². The van der Waals surface area contributed by atoms with Gasteiger partial charge in [0.1, 0.15) is 0 Å². The van der Waals surface area contributed by atoms with Gasteiger partial charge in [0.25, 0.3) is 0 Å². The van der Waals surface area contributed by atoms with Gasteiger partial charge in [-0.05, 0) is 19.3 Å². The van der Waals surface area contributed by atoms with Gasteiger partial charge in [0, 0.05) is 5.57 Å². The summed E-state index contributed by atoms with van der Waals surface area (Å²) in [6.45, 7) is 4.33. The second kappa shape index (κ2) is 10.7. The molecule has 0 fully saturated rings. The minimum absolute atomic E-state index is 0.234. The van der Waals surface area contributed by atoms with Gasteiger partial charge < -0.3 is 5.73 Å². The fourth-order valence-electron chi connectivity index (χ4n) is 1.74. The smallest absolute Gasteiger partial charge is 0.244 e. The monoisotopic (exact) mass is 225 g/mol. The first-order valence-corrected chi connectivity index (χ1v) is 6.71. The van der Waals surface area contributed by atoms with Crippen LogP contribution < -0.4 is 5.73 Å². The molecule has 0 aromatic rings. The van der Waals surface area contributed by atoms with E-state index in [9.17, 15) is 4.79 Å².